The lowest BCUT2D eigenvalue weighted by Crippen LogP contribution is -2.55. The van der Waals surface area contributed by atoms with Crippen LogP contribution in [0.3, 0.4) is 0 Å². The van der Waals surface area contributed by atoms with E-state index in [0.29, 0.717) is 19.3 Å². The third-order valence-electron chi connectivity index (χ3n) is 8.31. The summed E-state index contributed by atoms with van der Waals surface area (Å²) in [5, 5.41) is 29.1. The predicted molar refractivity (Wildman–Crippen MR) is 119 cm³/mol. The minimum absolute atomic E-state index is 0.0846. The summed E-state index contributed by atoms with van der Waals surface area (Å²) in [7, 11) is 0. The van der Waals surface area contributed by atoms with Crippen molar-refractivity contribution < 1.29 is 41.7 Å². The third-order valence-corrected chi connectivity index (χ3v) is 8.31. The van der Waals surface area contributed by atoms with E-state index in [1.807, 2.05) is 12.0 Å². The molecular formula is C26H34F6O3. The Balaban J connectivity index is 1.74. The minimum atomic E-state index is -5.94. The van der Waals surface area contributed by atoms with Gasteiger partial charge in [0.15, 0.2) is 0 Å². The number of aliphatic hydroxyl groups excluding tert-OH is 2. The minimum Gasteiger partial charge on any atom is -0.393 e. The van der Waals surface area contributed by atoms with Gasteiger partial charge in [0.2, 0.25) is 0 Å². The van der Waals surface area contributed by atoms with Crippen molar-refractivity contribution in [2.75, 3.05) is 0 Å². The van der Waals surface area contributed by atoms with Crippen molar-refractivity contribution in [1.82, 2.24) is 0 Å². The molecule has 3 N–H and O–H groups in total. The summed E-state index contributed by atoms with van der Waals surface area (Å²) in [5.41, 5.74) is -2.91. The molecule has 3 fully saturated rings. The van der Waals surface area contributed by atoms with Crippen LogP contribution in [0.4, 0.5) is 26.3 Å². The molecule has 0 aromatic rings. The molecule has 6 atom stereocenters. The molecule has 198 valence electrons. The summed E-state index contributed by atoms with van der Waals surface area (Å²) in [5.74, 6) is 3.20. The van der Waals surface area contributed by atoms with Gasteiger partial charge in [-0.1, -0.05) is 43.1 Å². The standard InChI is InChI=1S/C26H34F6O3/c1-16(5-3-12-24(35,25(27,28)29)26(30,31)32)21-9-10-22-18(6-4-11-23(21,22)2)8-7-17-13-19(33)15-20(34)14-17/h7-8,16,19-22,33-35H,4-6,9-11,13-15H2,1-2H3/b18-8+/t16-,19+,20+,21+,22?,23+/m0/s1. The Morgan fingerprint density at radius 2 is 1.63 bits per heavy atom. The average molecular weight is 509 g/mol. The van der Waals surface area contributed by atoms with Crippen LogP contribution < -0.4 is 0 Å². The van der Waals surface area contributed by atoms with E-state index in [2.05, 4.69) is 13.0 Å². The lowest BCUT2D eigenvalue weighted by atomic mass is 9.61. The second-order valence-corrected chi connectivity index (χ2v) is 10.8. The first-order valence-corrected chi connectivity index (χ1v) is 12.2. The molecule has 0 amide bonds. The van der Waals surface area contributed by atoms with Gasteiger partial charge in [0.1, 0.15) is 0 Å². The summed E-state index contributed by atoms with van der Waals surface area (Å²) in [6, 6.07) is 0. The number of halogens is 6. The molecule has 0 aromatic heterocycles. The maximum atomic E-state index is 12.9. The molecule has 0 aliphatic heterocycles. The van der Waals surface area contributed by atoms with Crippen LogP contribution in [0.25, 0.3) is 0 Å². The highest BCUT2D eigenvalue weighted by molar-refractivity contribution is 5.27. The molecule has 3 saturated carbocycles. The average Bonchev–Trinajstić information content (AvgIpc) is 3.07. The van der Waals surface area contributed by atoms with Gasteiger partial charge in [-0.25, -0.2) is 0 Å². The Kier molecular flexibility index (Phi) is 8.10. The maximum Gasteiger partial charge on any atom is 0.438 e. The number of allylic oxidation sites excluding steroid dienone is 3. The largest absolute Gasteiger partial charge is 0.438 e. The molecule has 3 aliphatic rings. The molecule has 0 spiro atoms. The van der Waals surface area contributed by atoms with Crippen LogP contribution in [0.5, 0.6) is 0 Å². The zero-order valence-corrected chi connectivity index (χ0v) is 20.0. The molecule has 3 aliphatic carbocycles. The van der Waals surface area contributed by atoms with E-state index in [1.165, 1.54) is 5.57 Å². The van der Waals surface area contributed by atoms with E-state index >= 15 is 0 Å². The second-order valence-electron chi connectivity index (χ2n) is 10.8. The molecule has 35 heavy (non-hydrogen) atoms. The maximum absolute atomic E-state index is 12.9. The first kappa shape index (κ1) is 28.1. The van der Waals surface area contributed by atoms with Gasteiger partial charge in [-0.05, 0) is 80.5 Å². The summed E-state index contributed by atoms with van der Waals surface area (Å²) < 4.78 is 77.3. The summed E-state index contributed by atoms with van der Waals surface area (Å²) >= 11 is 0. The van der Waals surface area contributed by atoms with Crippen LogP contribution in [0.1, 0.15) is 71.6 Å². The van der Waals surface area contributed by atoms with Crippen molar-refractivity contribution >= 4 is 0 Å². The smallest absolute Gasteiger partial charge is 0.393 e. The van der Waals surface area contributed by atoms with Gasteiger partial charge in [-0.3, -0.25) is 0 Å². The predicted octanol–water partition coefficient (Wildman–Crippen LogP) is 5.85. The molecule has 3 nitrogen and oxygen atoms in total. The van der Waals surface area contributed by atoms with Crippen molar-refractivity contribution in [2.45, 2.75) is 102 Å². The number of hydrogen-bond donors (Lipinski definition) is 3. The van der Waals surface area contributed by atoms with E-state index in [-0.39, 0.29) is 29.6 Å². The fraction of sp³-hybridized carbons (Fsp3) is 0.769. The molecule has 3 rings (SSSR count). The van der Waals surface area contributed by atoms with Gasteiger partial charge in [0.05, 0.1) is 12.2 Å². The van der Waals surface area contributed by atoms with Crippen LogP contribution in [-0.2, 0) is 0 Å². The van der Waals surface area contributed by atoms with E-state index in [1.54, 1.807) is 6.92 Å². The van der Waals surface area contributed by atoms with Gasteiger partial charge < -0.3 is 15.3 Å². The van der Waals surface area contributed by atoms with Gasteiger partial charge in [0, 0.05) is 6.42 Å². The highest BCUT2D eigenvalue weighted by atomic mass is 19.4. The van der Waals surface area contributed by atoms with Crippen molar-refractivity contribution in [3.05, 3.63) is 23.3 Å². The number of hydrogen-bond acceptors (Lipinski definition) is 3. The summed E-state index contributed by atoms with van der Waals surface area (Å²) in [6.45, 7) is 3.95. The van der Waals surface area contributed by atoms with Crippen molar-refractivity contribution in [3.63, 3.8) is 0 Å². The Hall–Kier alpha value is -1.50. The number of fused-ring (bicyclic) bond motifs is 1. The SMILES string of the molecule is C[C@@H](CC#CC(O)(C(F)(F)F)C(F)(F)F)[C@H]1CCC2/C(=C/C=C3C[C@@H](O)C[C@H](O)C3)CCC[C@@]21C. The molecule has 1 unspecified atom stereocenters. The Morgan fingerprint density at radius 1 is 1.03 bits per heavy atom. The van der Waals surface area contributed by atoms with E-state index in [0.717, 1.165) is 43.6 Å². The monoisotopic (exact) mass is 508 g/mol. The van der Waals surface area contributed by atoms with E-state index < -0.39 is 30.2 Å². The lowest BCUT2D eigenvalue weighted by molar-refractivity contribution is -0.343. The van der Waals surface area contributed by atoms with E-state index in [9.17, 15) is 41.7 Å². The Morgan fingerprint density at radius 3 is 2.20 bits per heavy atom. The van der Waals surface area contributed by atoms with Gasteiger partial charge in [-0.2, -0.15) is 26.3 Å². The van der Waals surface area contributed by atoms with Gasteiger partial charge in [0.25, 0.3) is 0 Å². The normalized spacial score (nSPS) is 34.3. The first-order valence-electron chi connectivity index (χ1n) is 12.2. The fourth-order valence-corrected chi connectivity index (χ4v) is 6.53. The molecule has 0 heterocycles. The van der Waals surface area contributed by atoms with Crippen molar-refractivity contribution in [1.29, 1.82) is 0 Å². The molecule has 0 saturated heterocycles. The van der Waals surface area contributed by atoms with Gasteiger partial charge >= 0.3 is 18.0 Å². The molecule has 0 aromatic carbocycles. The highest BCUT2D eigenvalue weighted by Crippen LogP contribution is 2.59. The Bertz CT molecular complexity index is 867. The Labute approximate surface area is 202 Å². The fourth-order valence-electron chi connectivity index (χ4n) is 6.53. The van der Waals surface area contributed by atoms with Crippen molar-refractivity contribution in [3.8, 4) is 11.8 Å². The number of alkyl halides is 6. The van der Waals surface area contributed by atoms with Gasteiger partial charge in [-0.15, -0.1) is 0 Å². The topological polar surface area (TPSA) is 60.7 Å². The first-order chi connectivity index (χ1) is 16.1. The van der Waals surface area contributed by atoms with Crippen LogP contribution in [-0.4, -0.2) is 45.5 Å². The zero-order valence-electron chi connectivity index (χ0n) is 20.0. The summed E-state index contributed by atoms with van der Waals surface area (Å²) in [6.07, 6.45) is -3.17. The van der Waals surface area contributed by atoms with Crippen LogP contribution in [0.15, 0.2) is 23.3 Å². The van der Waals surface area contributed by atoms with Crippen molar-refractivity contribution in [2.24, 2.45) is 23.2 Å². The van der Waals surface area contributed by atoms with Crippen LogP contribution in [0.2, 0.25) is 0 Å². The quantitative estimate of drug-likeness (QED) is 0.331. The molecular weight excluding hydrogens is 474 g/mol. The zero-order chi connectivity index (χ0) is 26.2. The highest BCUT2D eigenvalue weighted by Gasteiger charge is 2.70. The number of rotatable bonds is 3. The van der Waals surface area contributed by atoms with Crippen LogP contribution >= 0.6 is 0 Å². The number of aliphatic hydroxyl groups is 3. The lowest BCUT2D eigenvalue weighted by Gasteiger charge is -2.44. The molecule has 9 heteroatoms. The molecule has 0 radical (unpaired) electrons. The third kappa shape index (κ3) is 5.75. The van der Waals surface area contributed by atoms with E-state index in [4.69, 9.17) is 0 Å². The second kappa shape index (κ2) is 10.1. The van der Waals surface area contributed by atoms with Crippen LogP contribution in [0, 0.1) is 35.0 Å². The summed E-state index contributed by atoms with van der Waals surface area (Å²) in [4.78, 5) is 0. The molecule has 0 bridgehead atoms.